The molecule has 1 heterocycles. The van der Waals surface area contributed by atoms with Crippen molar-refractivity contribution < 1.29 is 8.81 Å². The van der Waals surface area contributed by atoms with Crippen LogP contribution in [0.4, 0.5) is 4.39 Å². The van der Waals surface area contributed by atoms with E-state index in [0.717, 1.165) is 5.56 Å². The molecule has 0 saturated heterocycles. The van der Waals surface area contributed by atoms with Gasteiger partial charge in [0, 0.05) is 10.6 Å². The standard InChI is InChI=1S/C15H10ClFN2O2/c16-13-4-2-1-3-11(13)9-19-15(20)21-14(18-19)10-5-7-12(17)8-6-10/h1-8H,9H2. The predicted molar refractivity (Wildman–Crippen MR) is 76.7 cm³/mol. The molecule has 0 atom stereocenters. The Balaban J connectivity index is 1.93. The van der Waals surface area contributed by atoms with Crippen LogP contribution in [0.2, 0.25) is 5.02 Å². The summed E-state index contributed by atoms with van der Waals surface area (Å²) < 4.78 is 19.2. The Hall–Kier alpha value is -2.40. The van der Waals surface area contributed by atoms with Crippen LogP contribution < -0.4 is 5.76 Å². The van der Waals surface area contributed by atoms with Gasteiger partial charge in [0.2, 0.25) is 5.89 Å². The highest BCUT2D eigenvalue weighted by Crippen LogP contribution is 2.18. The molecule has 3 aromatic rings. The van der Waals surface area contributed by atoms with Gasteiger partial charge >= 0.3 is 5.76 Å². The van der Waals surface area contributed by atoms with Gasteiger partial charge < -0.3 is 4.42 Å². The van der Waals surface area contributed by atoms with E-state index in [9.17, 15) is 9.18 Å². The predicted octanol–water partition coefficient (Wildman–Crippen LogP) is 3.34. The summed E-state index contributed by atoms with van der Waals surface area (Å²) in [7, 11) is 0. The van der Waals surface area contributed by atoms with Crippen LogP contribution in [0, 0.1) is 5.82 Å². The lowest BCUT2D eigenvalue weighted by Crippen LogP contribution is -2.16. The molecule has 3 rings (SSSR count). The van der Waals surface area contributed by atoms with E-state index in [0.29, 0.717) is 10.6 Å². The maximum Gasteiger partial charge on any atom is 0.437 e. The first kappa shape index (κ1) is 13.6. The molecule has 0 aliphatic heterocycles. The minimum Gasteiger partial charge on any atom is -0.388 e. The van der Waals surface area contributed by atoms with Crippen LogP contribution in [0.25, 0.3) is 11.5 Å². The van der Waals surface area contributed by atoms with Crippen molar-refractivity contribution in [3.63, 3.8) is 0 Å². The highest BCUT2D eigenvalue weighted by atomic mass is 35.5. The molecule has 0 bridgehead atoms. The molecule has 0 aliphatic rings. The van der Waals surface area contributed by atoms with Crippen molar-refractivity contribution in [1.82, 2.24) is 9.78 Å². The quantitative estimate of drug-likeness (QED) is 0.745. The van der Waals surface area contributed by atoms with Gasteiger partial charge in [-0.25, -0.2) is 9.18 Å². The lowest BCUT2D eigenvalue weighted by Gasteiger charge is -2.01. The van der Waals surface area contributed by atoms with Crippen LogP contribution in [0.3, 0.4) is 0 Å². The summed E-state index contributed by atoms with van der Waals surface area (Å²) in [6.07, 6.45) is 0. The van der Waals surface area contributed by atoms with E-state index >= 15 is 0 Å². The summed E-state index contributed by atoms with van der Waals surface area (Å²) in [5.41, 5.74) is 1.30. The molecule has 0 N–H and O–H groups in total. The zero-order valence-corrected chi connectivity index (χ0v) is 11.5. The van der Waals surface area contributed by atoms with Crippen LogP contribution in [0.1, 0.15) is 5.56 Å². The third kappa shape index (κ3) is 2.87. The molecular formula is C15H10ClFN2O2. The molecule has 2 aromatic carbocycles. The molecule has 0 amide bonds. The molecule has 1 aromatic heterocycles. The van der Waals surface area contributed by atoms with E-state index in [-0.39, 0.29) is 18.3 Å². The van der Waals surface area contributed by atoms with Crippen molar-refractivity contribution in [2.45, 2.75) is 6.54 Å². The highest BCUT2D eigenvalue weighted by molar-refractivity contribution is 6.31. The number of halogens is 2. The van der Waals surface area contributed by atoms with Gasteiger partial charge in [0.1, 0.15) is 5.82 Å². The van der Waals surface area contributed by atoms with Gasteiger partial charge in [0.25, 0.3) is 0 Å². The summed E-state index contributed by atoms with van der Waals surface area (Å²) in [4.78, 5) is 11.8. The smallest absolute Gasteiger partial charge is 0.388 e. The molecule has 0 unspecified atom stereocenters. The Morgan fingerprint density at radius 1 is 1.14 bits per heavy atom. The Bertz CT molecular complexity index is 824. The second kappa shape index (κ2) is 5.54. The molecule has 106 valence electrons. The van der Waals surface area contributed by atoms with E-state index in [4.69, 9.17) is 16.0 Å². The lowest BCUT2D eigenvalue weighted by atomic mass is 10.2. The fourth-order valence-electron chi connectivity index (χ4n) is 1.90. The van der Waals surface area contributed by atoms with E-state index in [1.54, 1.807) is 18.2 Å². The van der Waals surface area contributed by atoms with Gasteiger partial charge in [-0.3, -0.25) is 0 Å². The Kier molecular flexibility index (Phi) is 3.58. The second-order valence-corrected chi connectivity index (χ2v) is 4.84. The number of rotatable bonds is 3. The maximum absolute atomic E-state index is 12.9. The zero-order chi connectivity index (χ0) is 14.8. The normalized spacial score (nSPS) is 10.8. The Labute approximate surface area is 124 Å². The van der Waals surface area contributed by atoms with Crippen LogP contribution in [-0.2, 0) is 6.54 Å². The number of hydrogen-bond donors (Lipinski definition) is 0. The molecule has 0 fully saturated rings. The third-order valence-corrected chi connectivity index (χ3v) is 3.34. The molecule has 4 nitrogen and oxygen atoms in total. The maximum atomic E-state index is 12.9. The van der Waals surface area contributed by atoms with Crippen LogP contribution in [-0.4, -0.2) is 9.78 Å². The van der Waals surface area contributed by atoms with Crippen molar-refractivity contribution in [2.75, 3.05) is 0 Å². The van der Waals surface area contributed by atoms with Crippen molar-refractivity contribution >= 4 is 11.6 Å². The number of benzene rings is 2. The molecule has 0 saturated carbocycles. The molecule has 0 radical (unpaired) electrons. The number of hydrogen-bond acceptors (Lipinski definition) is 3. The molecule has 6 heteroatoms. The molecule has 0 aliphatic carbocycles. The Morgan fingerprint density at radius 2 is 1.86 bits per heavy atom. The average molecular weight is 305 g/mol. The minimum atomic E-state index is -0.589. The van der Waals surface area contributed by atoms with E-state index in [1.165, 1.54) is 28.9 Å². The second-order valence-electron chi connectivity index (χ2n) is 4.43. The van der Waals surface area contributed by atoms with Crippen LogP contribution in [0.15, 0.2) is 57.7 Å². The molecule has 0 spiro atoms. The highest BCUT2D eigenvalue weighted by Gasteiger charge is 2.11. The summed E-state index contributed by atoms with van der Waals surface area (Å²) >= 11 is 6.05. The Morgan fingerprint density at radius 3 is 2.57 bits per heavy atom. The van der Waals surface area contributed by atoms with Gasteiger partial charge in [-0.2, -0.15) is 4.68 Å². The minimum absolute atomic E-state index is 0.145. The van der Waals surface area contributed by atoms with Crippen molar-refractivity contribution in [1.29, 1.82) is 0 Å². The largest absolute Gasteiger partial charge is 0.437 e. The summed E-state index contributed by atoms with van der Waals surface area (Å²) in [5.74, 6) is -0.808. The van der Waals surface area contributed by atoms with Gasteiger partial charge in [0.15, 0.2) is 0 Å². The first-order valence-electron chi connectivity index (χ1n) is 6.21. The zero-order valence-electron chi connectivity index (χ0n) is 10.8. The van der Waals surface area contributed by atoms with Crippen LogP contribution in [0.5, 0.6) is 0 Å². The topological polar surface area (TPSA) is 48.0 Å². The molecule has 21 heavy (non-hydrogen) atoms. The number of aromatic nitrogens is 2. The monoisotopic (exact) mass is 304 g/mol. The first-order chi connectivity index (χ1) is 10.1. The van der Waals surface area contributed by atoms with Gasteiger partial charge in [0.05, 0.1) is 6.54 Å². The van der Waals surface area contributed by atoms with Crippen molar-refractivity contribution in [3.05, 3.63) is 75.5 Å². The van der Waals surface area contributed by atoms with Crippen molar-refractivity contribution in [2.24, 2.45) is 0 Å². The fraction of sp³-hybridized carbons (Fsp3) is 0.0667. The average Bonchev–Trinajstić information content (AvgIpc) is 2.83. The van der Waals surface area contributed by atoms with E-state index in [1.807, 2.05) is 6.07 Å². The van der Waals surface area contributed by atoms with E-state index < -0.39 is 5.76 Å². The number of nitrogens with zero attached hydrogens (tertiary/aromatic N) is 2. The summed E-state index contributed by atoms with van der Waals surface area (Å²) in [5, 5.41) is 4.65. The SMILES string of the molecule is O=c1oc(-c2ccc(F)cc2)nn1Cc1ccccc1Cl. The van der Waals surface area contributed by atoms with Gasteiger partial charge in [-0.15, -0.1) is 5.10 Å². The van der Waals surface area contributed by atoms with Gasteiger partial charge in [-0.1, -0.05) is 29.8 Å². The van der Waals surface area contributed by atoms with Crippen molar-refractivity contribution in [3.8, 4) is 11.5 Å². The van der Waals surface area contributed by atoms with Gasteiger partial charge in [-0.05, 0) is 35.9 Å². The fourth-order valence-corrected chi connectivity index (χ4v) is 2.10. The first-order valence-corrected chi connectivity index (χ1v) is 6.58. The van der Waals surface area contributed by atoms with Crippen LogP contribution >= 0.6 is 11.6 Å². The molecular weight excluding hydrogens is 295 g/mol. The summed E-state index contributed by atoms with van der Waals surface area (Å²) in [6.45, 7) is 0.212. The van der Waals surface area contributed by atoms with E-state index in [2.05, 4.69) is 5.10 Å². The summed E-state index contributed by atoms with van der Waals surface area (Å²) in [6, 6.07) is 12.7. The lowest BCUT2D eigenvalue weighted by molar-refractivity contribution is 0.495. The third-order valence-electron chi connectivity index (χ3n) is 2.98.